The number of imide groups is 1. The van der Waals surface area contributed by atoms with Gasteiger partial charge in [0.05, 0.1) is 24.6 Å². The van der Waals surface area contributed by atoms with Gasteiger partial charge in [0.2, 0.25) is 11.8 Å². The fourth-order valence-corrected chi connectivity index (χ4v) is 7.46. The van der Waals surface area contributed by atoms with Crippen LogP contribution in [0.3, 0.4) is 0 Å². The fraction of sp³-hybridized carbons (Fsp3) is 0.400. The molecule has 0 spiro atoms. The maximum absolute atomic E-state index is 14.4. The Labute approximate surface area is 252 Å². The normalized spacial score (nSPS) is 25.5. The van der Waals surface area contributed by atoms with E-state index in [1.165, 1.54) is 4.90 Å². The molecule has 6 rings (SSSR count). The number of carbonyl (C=O) groups excluding carboxylic acids is 2. The Hall–Kier alpha value is -4.17. The third kappa shape index (κ3) is 5.07. The molecular weight excluding hydrogens is 544 g/mol. The Morgan fingerprint density at radius 3 is 2.37 bits per heavy atom. The highest BCUT2D eigenvalue weighted by molar-refractivity contribution is 6.24. The van der Waals surface area contributed by atoms with E-state index in [1.807, 2.05) is 61.5 Å². The summed E-state index contributed by atoms with van der Waals surface area (Å²) in [5.41, 5.74) is 1.21. The molecule has 2 aliphatic heterocycles. The van der Waals surface area contributed by atoms with Gasteiger partial charge in [0.1, 0.15) is 12.1 Å². The van der Waals surface area contributed by atoms with Gasteiger partial charge in [0.15, 0.2) is 11.5 Å². The molecule has 1 aliphatic carbocycles. The first-order chi connectivity index (χ1) is 20.9. The minimum atomic E-state index is -1.61. The van der Waals surface area contributed by atoms with E-state index in [0.29, 0.717) is 22.7 Å². The van der Waals surface area contributed by atoms with Crippen LogP contribution < -0.4 is 19.7 Å². The molecule has 4 unspecified atom stereocenters. The lowest BCUT2D eigenvalue weighted by atomic mass is 9.72. The summed E-state index contributed by atoms with van der Waals surface area (Å²) in [7, 11) is 1.55. The summed E-state index contributed by atoms with van der Waals surface area (Å²) in [6.45, 7) is 2.10. The summed E-state index contributed by atoms with van der Waals surface area (Å²) in [6, 6.07) is 21.6. The molecule has 4 atom stereocenters. The Morgan fingerprint density at radius 1 is 0.953 bits per heavy atom. The van der Waals surface area contributed by atoms with Crippen molar-refractivity contribution in [3.63, 3.8) is 0 Å². The summed E-state index contributed by atoms with van der Waals surface area (Å²) in [6.07, 6.45) is 5.30. The predicted octanol–water partition coefficient (Wildman–Crippen LogP) is 5.83. The summed E-state index contributed by atoms with van der Waals surface area (Å²) >= 11 is 0. The molecule has 0 aromatic heterocycles. The topological polar surface area (TPSA) is 105 Å². The standard InChI is InChI=1S/C35H38N2O6/c1-22-12-9-10-18-26(22)37-32(38)28-29(33(37)39)35(34(40)41,20-23-13-5-3-6-14-23)36-30(28)25-17-11-19-27(42-2)31(25)43-21-24-15-7-4-8-16-24/h4,7-12,15-19,23,28-30,36H,3,5-6,13-14,20-21H2,1-2H3,(H,40,41). The van der Waals surface area contributed by atoms with E-state index in [-0.39, 0.29) is 18.9 Å². The van der Waals surface area contributed by atoms with Gasteiger partial charge in [-0.1, -0.05) is 92.8 Å². The van der Waals surface area contributed by atoms with Crippen LogP contribution in [0.2, 0.25) is 0 Å². The van der Waals surface area contributed by atoms with Crippen LogP contribution in [-0.2, 0) is 21.0 Å². The maximum atomic E-state index is 14.4. The molecule has 0 radical (unpaired) electrons. The van der Waals surface area contributed by atoms with E-state index < -0.39 is 41.2 Å². The summed E-state index contributed by atoms with van der Waals surface area (Å²) in [4.78, 5) is 43.4. The molecule has 2 amide bonds. The van der Waals surface area contributed by atoms with Gasteiger partial charge in [-0.15, -0.1) is 0 Å². The van der Waals surface area contributed by atoms with Gasteiger partial charge in [-0.2, -0.15) is 0 Å². The molecule has 1 saturated carbocycles. The summed E-state index contributed by atoms with van der Waals surface area (Å²) in [5.74, 6) is -2.92. The average molecular weight is 583 g/mol. The van der Waals surface area contributed by atoms with Crippen molar-refractivity contribution >= 4 is 23.5 Å². The molecule has 8 nitrogen and oxygen atoms in total. The van der Waals surface area contributed by atoms with Crippen LogP contribution in [0.4, 0.5) is 5.69 Å². The molecule has 8 heteroatoms. The molecule has 2 heterocycles. The van der Waals surface area contributed by atoms with Gasteiger partial charge >= 0.3 is 5.97 Å². The molecule has 2 N–H and O–H groups in total. The number of nitrogens with one attached hydrogen (secondary N) is 1. The number of methoxy groups -OCH3 is 1. The number of benzene rings is 3. The van der Waals surface area contributed by atoms with Crippen molar-refractivity contribution in [2.24, 2.45) is 17.8 Å². The van der Waals surface area contributed by atoms with Crippen molar-refractivity contribution < 1.29 is 29.0 Å². The number of carboxylic acids is 1. The lowest BCUT2D eigenvalue weighted by Gasteiger charge is -2.35. The van der Waals surface area contributed by atoms with E-state index in [0.717, 1.165) is 43.2 Å². The van der Waals surface area contributed by atoms with Gasteiger partial charge in [-0.25, -0.2) is 4.90 Å². The highest BCUT2D eigenvalue weighted by Crippen LogP contribution is 2.55. The largest absolute Gasteiger partial charge is 0.493 e. The van der Waals surface area contributed by atoms with Gasteiger partial charge in [0.25, 0.3) is 0 Å². The van der Waals surface area contributed by atoms with Crippen LogP contribution in [0.1, 0.15) is 61.3 Å². The van der Waals surface area contributed by atoms with Crippen molar-refractivity contribution in [2.45, 2.75) is 63.6 Å². The van der Waals surface area contributed by atoms with Gasteiger partial charge in [-0.05, 0) is 42.5 Å². The number of rotatable bonds is 9. The smallest absolute Gasteiger partial charge is 0.324 e. The fourth-order valence-electron chi connectivity index (χ4n) is 7.46. The quantitative estimate of drug-likeness (QED) is 0.306. The zero-order valence-corrected chi connectivity index (χ0v) is 24.6. The number of hydrogen-bond donors (Lipinski definition) is 2. The molecule has 3 fully saturated rings. The minimum Gasteiger partial charge on any atom is -0.493 e. The second-order valence-corrected chi connectivity index (χ2v) is 12.1. The molecule has 224 valence electrons. The second-order valence-electron chi connectivity index (χ2n) is 12.1. The molecule has 3 aliphatic rings. The van der Waals surface area contributed by atoms with Crippen molar-refractivity contribution in [2.75, 3.05) is 12.0 Å². The second kappa shape index (κ2) is 11.8. The monoisotopic (exact) mass is 582 g/mol. The highest BCUT2D eigenvalue weighted by Gasteiger charge is 2.69. The number of carboxylic acid groups (broad SMARTS) is 1. The first-order valence-electron chi connectivity index (χ1n) is 15.1. The van der Waals surface area contributed by atoms with E-state index in [4.69, 9.17) is 9.47 Å². The molecule has 2 saturated heterocycles. The molecule has 43 heavy (non-hydrogen) atoms. The number of carbonyl (C=O) groups is 3. The number of ether oxygens (including phenoxy) is 2. The Kier molecular flexibility index (Phi) is 7.97. The summed E-state index contributed by atoms with van der Waals surface area (Å²) < 4.78 is 12.0. The third-order valence-corrected chi connectivity index (χ3v) is 9.52. The van der Waals surface area contributed by atoms with Gasteiger partial charge in [-0.3, -0.25) is 19.7 Å². The number of hydrogen-bond acceptors (Lipinski definition) is 6. The number of anilines is 1. The van der Waals surface area contributed by atoms with Crippen molar-refractivity contribution in [3.8, 4) is 11.5 Å². The van der Waals surface area contributed by atoms with Gasteiger partial charge < -0.3 is 14.6 Å². The highest BCUT2D eigenvalue weighted by atomic mass is 16.5. The molecular formula is C35H38N2O6. The molecule has 3 aromatic rings. The number of nitrogens with zero attached hydrogens (tertiary/aromatic N) is 1. The van der Waals surface area contributed by atoms with Crippen molar-refractivity contribution in [1.29, 1.82) is 0 Å². The predicted molar refractivity (Wildman–Crippen MR) is 162 cm³/mol. The van der Waals surface area contributed by atoms with Crippen molar-refractivity contribution in [3.05, 3.63) is 89.5 Å². The van der Waals surface area contributed by atoms with E-state index in [1.54, 1.807) is 25.3 Å². The van der Waals surface area contributed by atoms with Crippen LogP contribution in [0.15, 0.2) is 72.8 Å². The Balaban J connectivity index is 1.47. The molecule has 0 bridgehead atoms. The number of aliphatic carboxylic acids is 1. The van der Waals surface area contributed by atoms with Crippen LogP contribution in [0.25, 0.3) is 0 Å². The lowest BCUT2D eigenvalue weighted by Crippen LogP contribution is -2.57. The Morgan fingerprint density at radius 2 is 1.67 bits per heavy atom. The lowest BCUT2D eigenvalue weighted by molar-refractivity contribution is -0.150. The number of aryl methyl sites for hydroxylation is 1. The van der Waals surface area contributed by atoms with E-state index >= 15 is 0 Å². The zero-order valence-electron chi connectivity index (χ0n) is 24.6. The molecule has 3 aromatic carbocycles. The van der Waals surface area contributed by atoms with Crippen molar-refractivity contribution in [1.82, 2.24) is 5.32 Å². The van der Waals surface area contributed by atoms with Crippen LogP contribution in [0.5, 0.6) is 11.5 Å². The number of para-hydroxylation sites is 2. The minimum absolute atomic E-state index is 0.145. The van der Waals surface area contributed by atoms with Crippen LogP contribution >= 0.6 is 0 Å². The average Bonchev–Trinajstić information content (AvgIpc) is 3.50. The number of fused-ring (bicyclic) bond motifs is 1. The van der Waals surface area contributed by atoms with Crippen LogP contribution in [-0.4, -0.2) is 35.5 Å². The van der Waals surface area contributed by atoms with E-state index in [2.05, 4.69) is 5.32 Å². The summed E-state index contributed by atoms with van der Waals surface area (Å²) in [5, 5.41) is 14.3. The van der Waals surface area contributed by atoms with Gasteiger partial charge in [0, 0.05) is 11.6 Å². The SMILES string of the molecule is COc1cccc(C2NC(CC3CCCCC3)(C(=O)O)C3C(=O)N(c4ccccc4C)C(=O)C23)c1OCc1ccccc1. The maximum Gasteiger partial charge on any atom is 0.324 e. The third-order valence-electron chi connectivity index (χ3n) is 9.52. The first kappa shape index (κ1) is 28.9. The zero-order chi connectivity index (χ0) is 30.1. The van der Waals surface area contributed by atoms with Crippen LogP contribution in [0, 0.1) is 24.7 Å². The Bertz CT molecular complexity index is 1520. The first-order valence-corrected chi connectivity index (χ1v) is 15.1. The number of amides is 2. The van der Waals surface area contributed by atoms with E-state index in [9.17, 15) is 19.5 Å².